The van der Waals surface area contributed by atoms with E-state index in [1.54, 1.807) is 0 Å². The molecule has 0 bridgehead atoms. The van der Waals surface area contributed by atoms with Crippen LogP contribution in [-0.2, 0) is 4.74 Å². The number of ether oxygens (including phenoxy) is 1. The van der Waals surface area contributed by atoms with Crippen molar-refractivity contribution in [2.75, 3.05) is 6.61 Å². The molecule has 4 heteroatoms. The molecule has 1 heterocycles. The van der Waals surface area contributed by atoms with Crippen LogP contribution in [0.1, 0.15) is 42.5 Å². The van der Waals surface area contributed by atoms with Crippen LogP contribution < -0.4 is 0 Å². The van der Waals surface area contributed by atoms with Crippen molar-refractivity contribution in [3.63, 3.8) is 0 Å². The number of Topliss-reactive ketones (excluding diaryl/α,β-unsaturated/α-hetero) is 1. The number of carbonyl (C=O) groups is 1. The van der Waals surface area contributed by atoms with Crippen LogP contribution in [0.25, 0.3) is 0 Å². The highest BCUT2D eigenvalue weighted by Crippen LogP contribution is 2.19. The monoisotopic (exact) mass is 254 g/mol. The normalized spacial score (nSPS) is 19.1. The fourth-order valence-electron chi connectivity index (χ4n) is 2.21. The molecule has 1 aromatic carbocycles. The third-order valence-corrected chi connectivity index (χ3v) is 3.19. The second-order valence-electron chi connectivity index (χ2n) is 4.57. The molecule has 0 N–H and O–H groups in total. The number of carbonyl (C=O) groups excluding carboxylic acids is 1. The smallest absolute Gasteiger partial charge is 0.165 e. The molecule has 2 nitrogen and oxygen atoms in total. The predicted molar refractivity (Wildman–Crippen MR) is 63.5 cm³/mol. The van der Waals surface area contributed by atoms with Gasteiger partial charge in [-0.15, -0.1) is 0 Å². The van der Waals surface area contributed by atoms with Crippen molar-refractivity contribution in [3.05, 3.63) is 35.4 Å². The first-order chi connectivity index (χ1) is 8.66. The van der Waals surface area contributed by atoms with Gasteiger partial charge in [-0.2, -0.15) is 0 Å². The largest absolute Gasteiger partial charge is 0.378 e. The Morgan fingerprint density at radius 3 is 2.89 bits per heavy atom. The topological polar surface area (TPSA) is 26.3 Å². The zero-order valence-electron chi connectivity index (χ0n) is 10.1. The molecule has 1 unspecified atom stereocenters. The summed E-state index contributed by atoms with van der Waals surface area (Å²) in [6, 6.07) is 3.06. The van der Waals surface area contributed by atoms with Crippen LogP contribution in [0.2, 0.25) is 0 Å². The highest BCUT2D eigenvalue weighted by Gasteiger charge is 2.17. The molecule has 0 spiro atoms. The van der Waals surface area contributed by atoms with Gasteiger partial charge in [0, 0.05) is 19.1 Å². The van der Waals surface area contributed by atoms with E-state index >= 15 is 0 Å². The number of hydrogen-bond acceptors (Lipinski definition) is 2. The zero-order chi connectivity index (χ0) is 13.0. The summed E-state index contributed by atoms with van der Waals surface area (Å²) in [5, 5.41) is 0. The van der Waals surface area contributed by atoms with E-state index in [0.29, 0.717) is 6.42 Å². The minimum Gasteiger partial charge on any atom is -0.378 e. The number of halogens is 2. The molecular formula is C14H16F2O2. The Morgan fingerprint density at radius 1 is 1.39 bits per heavy atom. The van der Waals surface area contributed by atoms with Gasteiger partial charge < -0.3 is 4.74 Å². The predicted octanol–water partition coefficient (Wildman–Crippen LogP) is 3.50. The second kappa shape index (κ2) is 6.05. The van der Waals surface area contributed by atoms with Crippen LogP contribution in [0.3, 0.4) is 0 Å². The van der Waals surface area contributed by atoms with Crippen molar-refractivity contribution >= 4 is 5.78 Å². The SMILES string of the molecule is O=C(CCCC1CCCO1)c1ccc(F)cc1F. The van der Waals surface area contributed by atoms with Gasteiger partial charge in [0.15, 0.2) is 5.78 Å². The summed E-state index contributed by atoms with van der Waals surface area (Å²) in [5.41, 5.74) is -0.0243. The van der Waals surface area contributed by atoms with Crippen molar-refractivity contribution < 1.29 is 18.3 Å². The van der Waals surface area contributed by atoms with E-state index in [2.05, 4.69) is 0 Å². The van der Waals surface area contributed by atoms with Crippen LogP contribution in [0.5, 0.6) is 0 Å². The quantitative estimate of drug-likeness (QED) is 0.752. The van der Waals surface area contributed by atoms with E-state index < -0.39 is 11.6 Å². The lowest BCUT2D eigenvalue weighted by molar-refractivity contribution is 0.0920. The standard InChI is InChI=1S/C14H16F2O2/c15-10-6-7-12(13(16)9-10)14(17)5-1-3-11-4-2-8-18-11/h6-7,9,11H,1-5,8H2. The molecule has 0 aromatic heterocycles. The van der Waals surface area contributed by atoms with Crippen LogP contribution in [0.15, 0.2) is 18.2 Å². The van der Waals surface area contributed by atoms with E-state index in [1.165, 1.54) is 6.07 Å². The van der Waals surface area contributed by atoms with Gasteiger partial charge >= 0.3 is 0 Å². The summed E-state index contributed by atoms with van der Waals surface area (Å²) >= 11 is 0. The molecule has 98 valence electrons. The summed E-state index contributed by atoms with van der Waals surface area (Å²) in [5.74, 6) is -1.72. The molecule has 0 amide bonds. The van der Waals surface area contributed by atoms with E-state index in [-0.39, 0.29) is 23.9 Å². The van der Waals surface area contributed by atoms with Gasteiger partial charge in [0.1, 0.15) is 11.6 Å². The average molecular weight is 254 g/mol. The zero-order valence-corrected chi connectivity index (χ0v) is 10.1. The Bertz CT molecular complexity index is 426. The van der Waals surface area contributed by atoms with Crippen molar-refractivity contribution in [3.8, 4) is 0 Å². The molecule has 1 aromatic rings. The van der Waals surface area contributed by atoms with Crippen molar-refractivity contribution in [2.24, 2.45) is 0 Å². The molecule has 1 atom stereocenters. The maximum absolute atomic E-state index is 13.3. The van der Waals surface area contributed by atoms with Gasteiger partial charge in [-0.3, -0.25) is 4.79 Å². The van der Waals surface area contributed by atoms with Gasteiger partial charge in [0.25, 0.3) is 0 Å². The Balaban J connectivity index is 1.83. The number of hydrogen-bond donors (Lipinski definition) is 0. The van der Waals surface area contributed by atoms with Gasteiger partial charge in [-0.05, 0) is 37.8 Å². The Hall–Kier alpha value is -1.29. The lowest BCUT2D eigenvalue weighted by Crippen LogP contribution is -2.07. The number of benzene rings is 1. The molecule has 1 aliphatic heterocycles. The summed E-state index contributed by atoms with van der Waals surface area (Å²) < 4.78 is 31.5. The Kier molecular flexibility index (Phi) is 4.42. The molecule has 1 fully saturated rings. The minimum atomic E-state index is -0.780. The fourth-order valence-corrected chi connectivity index (χ4v) is 2.21. The van der Waals surface area contributed by atoms with Crippen LogP contribution >= 0.6 is 0 Å². The van der Waals surface area contributed by atoms with E-state index in [4.69, 9.17) is 4.74 Å². The third kappa shape index (κ3) is 3.35. The lowest BCUT2D eigenvalue weighted by Gasteiger charge is -2.08. The van der Waals surface area contributed by atoms with Crippen LogP contribution in [-0.4, -0.2) is 18.5 Å². The van der Waals surface area contributed by atoms with E-state index in [1.807, 2.05) is 0 Å². The van der Waals surface area contributed by atoms with Crippen molar-refractivity contribution in [1.82, 2.24) is 0 Å². The lowest BCUT2D eigenvalue weighted by atomic mass is 10.0. The maximum Gasteiger partial charge on any atom is 0.165 e. The molecule has 0 radical (unpaired) electrons. The number of ketones is 1. The molecule has 1 saturated heterocycles. The van der Waals surface area contributed by atoms with E-state index in [0.717, 1.165) is 38.0 Å². The van der Waals surface area contributed by atoms with Gasteiger partial charge in [-0.1, -0.05) is 0 Å². The first kappa shape index (κ1) is 13.1. The fraction of sp³-hybridized carbons (Fsp3) is 0.500. The second-order valence-corrected chi connectivity index (χ2v) is 4.57. The highest BCUT2D eigenvalue weighted by molar-refractivity contribution is 5.96. The van der Waals surface area contributed by atoms with Crippen molar-refractivity contribution in [1.29, 1.82) is 0 Å². The minimum absolute atomic E-state index is 0.0243. The van der Waals surface area contributed by atoms with Crippen LogP contribution in [0.4, 0.5) is 8.78 Å². The first-order valence-electron chi connectivity index (χ1n) is 6.26. The van der Waals surface area contributed by atoms with E-state index in [9.17, 15) is 13.6 Å². The highest BCUT2D eigenvalue weighted by atomic mass is 19.1. The molecule has 2 rings (SSSR count). The molecule has 1 aliphatic rings. The first-order valence-corrected chi connectivity index (χ1v) is 6.26. The third-order valence-electron chi connectivity index (χ3n) is 3.19. The summed E-state index contributed by atoms with van der Waals surface area (Å²) in [4.78, 5) is 11.7. The summed E-state index contributed by atoms with van der Waals surface area (Å²) in [6.45, 7) is 0.797. The molecule has 0 aliphatic carbocycles. The maximum atomic E-state index is 13.3. The van der Waals surface area contributed by atoms with Gasteiger partial charge in [-0.25, -0.2) is 8.78 Å². The number of rotatable bonds is 5. The Labute approximate surface area is 105 Å². The summed E-state index contributed by atoms with van der Waals surface area (Å²) in [6.07, 6.45) is 4.15. The molecular weight excluding hydrogens is 238 g/mol. The average Bonchev–Trinajstić information content (AvgIpc) is 2.81. The molecule has 18 heavy (non-hydrogen) atoms. The Morgan fingerprint density at radius 2 is 2.22 bits per heavy atom. The van der Waals surface area contributed by atoms with Gasteiger partial charge in [0.2, 0.25) is 0 Å². The van der Waals surface area contributed by atoms with Crippen LogP contribution in [0, 0.1) is 11.6 Å². The molecule has 0 saturated carbocycles. The summed E-state index contributed by atoms with van der Waals surface area (Å²) in [7, 11) is 0. The van der Waals surface area contributed by atoms with Gasteiger partial charge in [0.05, 0.1) is 11.7 Å². The van der Waals surface area contributed by atoms with Crippen molar-refractivity contribution in [2.45, 2.75) is 38.2 Å².